The lowest BCUT2D eigenvalue weighted by Gasteiger charge is -2.41. The van der Waals surface area contributed by atoms with Gasteiger partial charge in [0.15, 0.2) is 0 Å². The SMILES string of the molecule is CCN1CCCC(CN)C1c1ccc(C2CC2)cc1. The Morgan fingerprint density at radius 2 is 1.79 bits per heavy atom. The molecular formula is C17H26N2. The van der Waals surface area contributed by atoms with E-state index in [0.29, 0.717) is 12.0 Å². The molecule has 2 unspecified atom stereocenters. The Kier molecular flexibility index (Phi) is 3.90. The van der Waals surface area contributed by atoms with Gasteiger partial charge in [-0.05, 0) is 68.3 Å². The van der Waals surface area contributed by atoms with Crippen LogP contribution >= 0.6 is 0 Å². The van der Waals surface area contributed by atoms with Crippen molar-refractivity contribution >= 4 is 0 Å². The van der Waals surface area contributed by atoms with Crippen molar-refractivity contribution < 1.29 is 0 Å². The molecule has 0 spiro atoms. The third-order valence-corrected chi connectivity index (χ3v) is 4.90. The second-order valence-electron chi connectivity index (χ2n) is 6.15. The summed E-state index contributed by atoms with van der Waals surface area (Å²) in [5, 5.41) is 0. The van der Waals surface area contributed by atoms with E-state index in [1.54, 1.807) is 0 Å². The lowest BCUT2D eigenvalue weighted by molar-refractivity contribution is 0.102. The molecule has 2 N–H and O–H groups in total. The summed E-state index contributed by atoms with van der Waals surface area (Å²) in [4.78, 5) is 2.60. The minimum Gasteiger partial charge on any atom is -0.330 e. The Morgan fingerprint density at radius 3 is 2.37 bits per heavy atom. The van der Waals surface area contributed by atoms with Gasteiger partial charge in [0.2, 0.25) is 0 Å². The third-order valence-electron chi connectivity index (χ3n) is 4.90. The highest BCUT2D eigenvalue weighted by Crippen LogP contribution is 2.41. The molecule has 3 rings (SSSR count). The van der Waals surface area contributed by atoms with Gasteiger partial charge in [-0.3, -0.25) is 4.90 Å². The molecule has 1 heterocycles. The van der Waals surface area contributed by atoms with Crippen LogP contribution in [0.5, 0.6) is 0 Å². The Hall–Kier alpha value is -0.860. The van der Waals surface area contributed by atoms with Crippen molar-refractivity contribution in [3.63, 3.8) is 0 Å². The molecule has 2 fully saturated rings. The molecule has 0 bridgehead atoms. The lowest BCUT2D eigenvalue weighted by atomic mass is 9.84. The van der Waals surface area contributed by atoms with E-state index in [1.807, 2.05) is 0 Å². The summed E-state index contributed by atoms with van der Waals surface area (Å²) in [5.74, 6) is 1.48. The van der Waals surface area contributed by atoms with Gasteiger partial charge in [-0.2, -0.15) is 0 Å². The molecule has 1 aromatic rings. The molecule has 1 saturated carbocycles. The zero-order valence-corrected chi connectivity index (χ0v) is 12.0. The maximum absolute atomic E-state index is 6.01. The van der Waals surface area contributed by atoms with E-state index in [2.05, 4.69) is 36.1 Å². The standard InChI is InChI=1S/C17H26N2/c1-2-19-11-3-4-16(12-18)17(19)15-9-7-14(8-10-15)13-5-6-13/h7-10,13,16-17H,2-6,11-12,18H2,1H3. The zero-order valence-electron chi connectivity index (χ0n) is 12.0. The van der Waals surface area contributed by atoms with Crippen LogP contribution in [0.1, 0.15) is 55.7 Å². The molecule has 1 saturated heterocycles. The topological polar surface area (TPSA) is 29.3 Å². The molecule has 2 nitrogen and oxygen atoms in total. The molecule has 104 valence electrons. The summed E-state index contributed by atoms with van der Waals surface area (Å²) in [5.41, 5.74) is 9.02. The second kappa shape index (κ2) is 5.64. The number of hydrogen-bond donors (Lipinski definition) is 1. The summed E-state index contributed by atoms with van der Waals surface area (Å²) < 4.78 is 0. The largest absolute Gasteiger partial charge is 0.330 e. The Morgan fingerprint density at radius 1 is 1.11 bits per heavy atom. The van der Waals surface area contributed by atoms with E-state index in [4.69, 9.17) is 5.73 Å². The average Bonchev–Trinajstić information content (AvgIpc) is 3.31. The average molecular weight is 258 g/mol. The van der Waals surface area contributed by atoms with Crippen molar-refractivity contribution in [3.8, 4) is 0 Å². The van der Waals surface area contributed by atoms with Gasteiger partial charge in [-0.25, -0.2) is 0 Å². The highest BCUT2D eigenvalue weighted by Gasteiger charge is 2.31. The van der Waals surface area contributed by atoms with E-state index in [9.17, 15) is 0 Å². The van der Waals surface area contributed by atoms with Crippen LogP contribution in [0, 0.1) is 5.92 Å². The minimum atomic E-state index is 0.539. The van der Waals surface area contributed by atoms with Crippen LogP contribution in [0.15, 0.2) is 24.3 Å². The van der Waals surface area contributed by atoms with Crippen LogP contribution in [0.3, 0.4) is 0 Å². The molecule has 1 aromatic carbocycles. The van der Waals surface area contributed by atoms with Gasteiger partial charge in [-0.15, -0.1) is 0 Å². The molecule has 1 aliphatic carbocycles. The number of rotatable bonds is 4. The van der Waals surface area contributed by atoms with Gasteiger partial charge in [0.05, 0.1) is 0 Å². The first kappa shape index (κ1) is 13.1. The van der Waals surface area contributed by atoms with Crippen molar-refractivity contribution in [2.24, 2.45) is 11.7 Å². The monoisotopic (exact) mass is 258 g/mol. The Bertz CT molecular complexity index is 396. The first-order valence-electron chi connectivity index (χ1n) is 7.87. The van der Waals surface area contributed by atoms with Crippen molar-refractivity contribution in [1.82, 2.24) is 4.90 Å². The normalized spacial score (nSPS) is 28.5. The first-order valence-corrected chi connectivity index (χ1v) is 7.87. The van der Waals surface area contributed by atoms with Crippen molar-refractivity contribution in [3.05, 3.63) is 35.4 Å². The molecule has 2 atom stereocenters. The van der Waals surface area contributed by atoms with E-state index < -0.39 is 0 Å². The maximum atomic E-state index is 6.01. The fraction of sp³-hybridized carbons (Fsp3) is 0.647. The van der Waals surface area contributed by atoms with Crippen LogP contribution in [0.4, 0.5) is 0 Å². The van der Waals surface area contributed by atoms with Gasteiger partial charge in [-0.1, -0.05) is 31.2 Å². The van der Waals surface area contributed by atoms with E-state index in [1.165, 1.54) is 43.4 Å². The summed E-state index contributed by atoms with van der Waals surface area (Å²) in [6.45, 7) is 5.43. The van der Waals surface area contributed by atoms with Gasteiger partial charge in [0, 0.05) is 6.04 Å². The Labute approximate surface area is 117 Å². The maximum Gasteiger partial charge on any atom is 0.0388 e. The van der Waals surface area contributed by atoms with Crippen LogP contribution < -0.4 is 5.73 Å². The number of nitrogens with zero attached hydrogens (tertiary/aromatic N) is 1. The zero-order chi connectivity index (χ0) is 13.2. The van der Waals surface area contributed by atoms with Crippen LogP contribution in [0.2, 0.25) is 0 Å². The van der Waals surface area contributed by atoms with Gasteiger partial charge >= 0.3 is 0 Å². The van der Waals surface area contributed by atoms with Crippen molar-refractivity contribution in [1.29, 1.82) is 0 Å². The molecule has 0 aromatic heterocycles. The fourth-order valence-corrected chi connectivity index (χ4v) is 3.62. The van der Waals surface area contributed by atoms with Crippen LogP contribution in [-0.4, -0.2) is 24.5 Å². The number of piperidine rings is 1. The quantitative estimate of drug-likeness (QED) is 0.898. The van der Waals surface area contributed by atoms with Crippen LogP contribution in [-0.2, 0) is 0 Å². The van der Waals surface area contributed by atoms with E-state index in [-0.39, 0.29) is 0 Å². The lowest BCUT2D eigenvalue weighted by Crippen LogP contribution is -2.41. The number of hydrogen-bond acceptors (Lipinski definition) is 2. The van der Waals surface area contributed by atoms with Crippen molar-refractivity contribution in [2.75, 3.05) is 19.6 Å². The highest BCUT2D eigenvalue weighted by atomic mass is 15.2. The summed E-state index contributed by atoms with van der Waals surface area (Å²) in [6.07, 6.45) is 5.35. The molecule has 0 amide bonds. The molecule has 19 heavy (non-hydrogen) atoms. The number of benzene rings is 1. The number of nitrogens with two attached hydrogens (primary N) is 1. The molecule has 1 aliphatic heterocycles. The second-order valence-corrected chi connectivity index (χ2v) is 6.15. The third kappa shape index (κ3) is 2.70. The molecule has 2 aliphatic rings. The van der Waals surface area contributed by atoms with Crippen molar-refractivity contribution in [2.45, 2.75) is 44.6 Å². The Balaban J connectivity index is 1.83. The highest BCUT2D eigenvalue weighted by molar-refractivity contribution is 5.30. The molecule has 0 radical (unpaired) electrons. The fourth-order valence-electron chi connectivity index (χ4n) is 3.62. The summed E-state index contributed by atoms with van der Waals surface area (Å²) >= 11 is 0. The smallest absolute Gasteiger partial charge is 0.0388 e. The van der Waals surface area contributed by atoms with E-state index in [0.717, 1.165) is 19.0 Å². The minimum absolute atomic E-state index is 0.539. The summed E-state index contributed by atoms with van der Waals surface area (Å²) in [6, 6.07) is 9.95. The van der Waals surface area contributed by atoms with E-state index >= 15 is 0 Å². The van der Waals surface area contributed by atoms with Crippen LogP contribution in [0.25, 0.3) is 0 Å². The predicted octanol–water partition coefficient (Wildman–Crippen LogP) is 3.30. The first-order chi connectivity index (χ1) is 9.33. The van der Waals surface area contributed by atoms with Gasteiger partial charge < -0.3 is 5.73 Å². The summed E-state index contributed by atoms with van der Waals surface area (Å²) in [7, 11) is 0. The van der Waals surface area contributed by atoms with Gasteiger partial charge in [0.1, 0.15) is 0 Å². The van der Waals surface area contributed by atoms with Gasteiger partial charge in [0.25, 0.3) is 0 Å². The molecular weight excluding hydrogens is 232 g/mol. The molecule has 2 heteroatoms. The number of likely N-dealkylation sites (tertiary alicyclic amines) is 1. The predicted molar refractivity (Wildman–Crippen MR) is 80.2 cm³/mol.